The number of benzene rings is 1. The summed E-state index contributed by atoms with van der Waals surface area (Å²) in [7, 11) is 0. The second kappa shape index (κ2) is 9.88. The molecule has 1 aromatic carbocycles. The molecule has 0 saturated carbocycles. The van der Waals surface area contributed by atoms with E-state index < -0.39 is 23.8 Å². The van der Waals surface area contributed by atoms with E-state index in [9.17, 15) is 22.8 Å². The van der Waals surface area contributed by atoms with Crippen molar-refractivity contribution in [3.8, 4) is 0 Å². The van der Waals surface area contributed by atoms with Crippen LogP contribution in [0.1, 0.15) is 53.6 Å². The first kappa shape index (κ1) is 25.4. The van der Waals surface area contributed by atoms with Crippen LogP contribution in [0.2, 0.25) is 0 Å². The summed E-state index contributed by atoms with van der Waals surface area (Å²) in [6.07, 6.45) is -1.63. The van der Waals surface area contributed by atoms with Gasteiger partial charge in [0.05, 0.1) is 22.6 Å². The van der Waals surface area contributed by atoms with Crippen LogP contribution in [0.15, 0.2) is 30.6 Å². The number of fused-ring (bicyclic) bond motifs is 3. The summed E-state index contributed by atoms with van der Waals surface area (Å²) in [5, 5.41) is 7.79. The molecule has 1 aliphatic rings. The largest absolute Gasteiger partial charge is 0.363 e. The molecule has 0 spiro atoms. The lowest BCUT2D eigenvalue weighted by Gasteiger charge is -2.34. The van der Waals surface area contributed by atoms with Gasteiger partial charge in [-0.1, -0.05) is 18.2 Å². The molecule has 1 atom stereocenters. The molecule has 0 radical (unpaired) electrons. The third kappa shape index (κ3) is 4.48. The third-order valence-electron chi connectivity index (χ3n) is 6.67. The van der Waals surface area contributed by atoms with E-state index in [4.69, 9.17) is 0 Å². The Bertz CT molecular complexity index is 1550. The van der Waals surface area contributed by atoms with Gasteiger partial charge in [-0.3, -0.25) is 9.59 Å². The number of pyridine rings is 1. The van der Waals surface area contributed by atoms with Gasteiger partial charge in [0.1, 0.15) is 23.8 Å². The minimum Gasteiger partial charge on any atom is -0.363 e. The van der Waals surface area contributed by atoms with Crippen molar-refractivity contribution < 1.29 is 22.8 Å². The van der Waals surface area contributed by atoms with Crippen LogP contribution in [0.25, 0.3) is 16.7 Å². The maximum atomic E-state index is 14.8. The van der Waals surface area contributed by atoms with E-state index in [1.165, 1.54) is 29.9 Å². The Morgan fingerprint density at radius 3 is 2.39 bits per heavy atom. The number of carbonyl (C=O) groups is 2. The number of piperazine rings is 1. The zero-order chi connectivity index (χ0) is 27.1. The van der Waals surface area contributed by atoms with E-state index >= 15 is 0 Å². The zero-order valence-electron chi connectivity index (χ0n) is 21.0. The van der Waals surface area contributed by atoms with Crippen molar-refractivity contribution in [3.63, 3.8) is 0 Å². The molecule has 2 amide bonds. The van der Waals surface area contributed by atoms with Crippen LogP contribution in [0.4, 0.5) is 19.0 Å². The molecule has 1 N–H and O–H groups in total. The zero-order valence-corrected chi connectivity index (χ0v) is 21.0. The van der Waals surface area contributed by atoms with Crippen LogP contribution in [-0.4, -0.2) is 72.4 Å². The number of hydrogen-bond donors (Lipinski definition) is 1. The maximum Gasteiger partial charge on any atom is 0.266 e. The van der Waals surface area contributed by atoms with Crippen molar-refractivity contribution in [1.82, 2.24) is 34.4 Å². The van der Waals surface area contributed by atoms with Crippen LogP contribution < -0.4 is 5.32 Å². The summed E-state index contributed by atoms with van der Waals surface area (Å²) < 4.78 is 42.8. The smallest absolute Gasteiger partial charge is 0.266 e. The molecule has 10 nitrogen and oxygen atoms in total. The van der Waals surface area contributed by atoms with E-state index in [-0.39, 0.29) is 28.8 Å². The molecule has 38 heavy (non-hydrogen) atoms. The standard InChI is InChI=1S/C25H25F3N8O2/c1-13(16-5-4-6-17(20(16)26)21(27)28)31-22-18-11-19(25(38)35-9-7-34(8-10-35)15(3)37)23-29-12-30-36(23)24(18)33-14(2)32-22/h4-6,11-13,21H,7-10H2,1-3H3,(H,31,32,33)/t13-/m1/s1. The molecule has 198 valence electrons. The van der Waals surface area contributed by atoms with Gasteiger partial charge in [-0.15, -0.1) is 0 Å². The molecule has 1 fully saturated rings. The van der Waals surface area contributed by atoms with Crippen LogP contribution >= 0.6 is 0 Å². The normalized spacial score (nSPS) is 14.9. The molecule has 13 heteroatoms. The molecule has 1 aliphatic heterocycles. The number of halogens is 3. The third-order valence-corrected chi connectivity index (χ3v) is 6.67. The fourth-order valence-corrected chi connectivity index (χ4v) is 4.67. The van der Waals surface area contributed by atoms with Crippen molar-refractivity contribution >= 4 is 34.3 Å². The summed E-state index contributed by atoms with van der Waals surface area (Å²) >= 11 is 0. The lowest BCUT2D eigenvalue weighted by atomic mass is 10.0. The highest BCUT2D eigenvalue weighted by Crippen LogP contribution is 2.31. The number of carbonyl (C=O) groups excluding carboxylic acids is 2. The van der Waals surface area contributed by atoms with Gasteiger partial charge in [0, 0.05) is 38.7 Å². The Labute approximate surface area is 215 Å². The Kier molecular flexibility index (Phi) is 6.59. The quantitative estimate of drug-likeness (QED) is 0.424. The fourth-order valence-electron chi connectivity index (χ4n) is 4.67. The number of aromatic nitrogens is 5. The van der Waals surface area contributed by atoms with E-state index in [0.717, 1.165) is 6.07 Å². The average Bonchev–Trinajstić information content (AvgIpc) is 3.38. The van der Waals surface area contributed by atoms with Crippen molar-refractivity contribution in [2.75, 3.05) is 31.5 Å². The lowest BCUT2D eigenvalue weighted by molar-refractivity contribution is -0.130. The van der Waals surface area contributed by atoms with Crippen LogP contribution in [-0.2, 0) is 4.79 Å². The van der Waals surface area contributed by atoms with E-state index in [1.807, 2.05) is 0 Å². The number of alkyl halides is 2. The predicted molar refractivity (Wildman–Crippen MR) is 132 cm³/mol. The molecule has 0 aliphatic carbocycles. The maximum absolute atomic E-state index is 14.8. The number of amides is 2. The highest BCUT2D eigenvalue weighted by molar-refractivity contribution is 6.04. The fraction of sp³-hybridized carbons (Fsp3) is 0.360. The van der Waals surface area contributed by atoms with Crippen LogP contribution in [0.5, 0.6) is 0 Å². The number of hydrogen-bond acceptors (Lipinski definition) is 7. The van der Waals surface area contributed by atoms with Crippen molar-refractivity contribution in [1.29, 1.82) is 0 Å². The van der Waals surface area contributed by atoms with Crippen LogP contribution in [0.3, 0.4) is 0 Å². The van der Waals surface area contributed by atoms with Crippen molar-refractivity contribution in [3.05, 3.63) is 58.9 Å². The average molecular weight is 527 g/mol. The Hall–Kier alpha value is -4.29. The highest BCUT2D eigenvalue weighted by Gasteiger charge is 2.27. The van der Waals surface area contributed by atoms with Gasteiger partial charge in [0.2, 0.25) is 5.91 Å². The molecule has 4 heterocycles. The first-order chi connectivity index (χ1) is 18.2. The van der Waals surface area contributed by atoms with Gasteiger partial charge < -0.3 is 15.1 Å². The predicted octanol–water partition coefficient (Wildman–Crippen LogP) is 3.54. The minimum absolute atomic E-state index is 0.0458. The van der Waals surface area contributed by atoms with Gasteiger partial charge >= 0.3 is 0 Å². The van der Waals surface area contributed by atoms with E-state index in [2.05, 4.69) is 25.4 Å². The van der Waals surface area contributed by atoms with Gasteiger partial charge in [-0.2, -0.15) is 9.61 Å². The van der Waals surface area contributed by atoms with Gasteiger partial charge in [-0.25, -0.2) is 28.1 Å². The Morgan fingerprint density at radius 2 is 1.71 bits per heavy atom. The highest BCUT2D eigenvalue weighted by atomic mass is 19.3. The van der Waals surface area contributed by atoms with Gasteiger partial charge in [-0.05, 0) is 19.9 Å². The number of rotatable bonds is 5. The van der Waals surface area contributed by atoms with Crippen molar-refractivity contribution in [2.45, 2.75) is 33.2 Å². The molecule has 4 aromatic rings. The number of nitrogens with zero attached hydrogens (tertiary/aromatic N) is 7. The molecule has 5 rings (SSSR count). The van der Waals surface area contributed by atoms with E-state index in [0.29, 0.717) is 48.7 Å². The Morgan fingerprint density at radius 1 is 1.03 bits per heavy atom. The first-order valence-electron chi connectivity index (χ1n) is 12.0. The second-order valence-electron chi connectivity index (χ2n) is 9.13. The number of nitrogens with one attached hydrogen (secondary N) is 1. The topological polar surface area (TPSA) is 109 Å². The number of anilines is 1. The number of aryl methyl sites for hydroxylation is 1. The molecule has 0 bridgehead atoms. The monoisotopic (exact) mass is 526 g/mol. The molecular weight excluding hydrogens is 501 g/mol. The Balaban J connectivity index is 1.56. The second-order valence-corrected chi connectivity index (χ2v) is 9.13. The molecule has 1 saturated heterocycles. The molecular formula is C25H25F3N8O2. The van der Waals surface area contributed by atoms with Crippen LogP contribution in [0, 0.1) is 12.7 Å². The van der Waals surface area contributed by atoms with Crippen molar-refractivity contribution in [2.24, 2.45) is 0 Å². The minimum atomic E-state index is -2.95. The lowest BCUT2D eigenvalue weighted by Crippen LogP contribution is -2.50. The summed E-state index contributed by atoms with van der Waals surface area (Å²) in [6.45, 7) is 6.37. The summed E-state index contributed by atoms with van der Waals surface area (Å²) in [5.74, 6) is -0.657. The summed E-state index contributed by atoms with van der Waals surface area (Å²) in [6, 6.07) is 4.73. The summed E-state index contributed by atoms with van der Waals surface area (Å²) in [4.78, 5) is 41.8. The van der Waals surface area contributed by atoms with E-state index in [1.54, 1.807) is 29.7 Å². The van der Waals surface area contributed by atoms with Gasteiger partial charge in [0.15, 0.2) is 11.3 Å². The van der Waals surface area contributed by atoms with Gasteiger partial charge in [0.25, 0.3) is 12.3 Å². The molecule has 0 unspecified atom stereocenters. The summed E-state index contributed by atoms with van der Waals surface area (Å²) in [5.41, 5.74) is 0.319. The SMILES string of the molecule is CC(=O)N1CCN(C(=O)c2cc3c(N[C@H](C)c4cccc(C(F)F)c4F)nc(C)nc3n3ncnc23)CC1. The molecule has 3 aromatic heterocycles. The first-order valence-corrected chi connectivity index (χ1v) is 12.0.